The van der Waals surface area contributed by atoms with Crippen molar-refractivity contribution in [3.05, 3.63) is 24.0 Å². The van der Waals surface area contributed by atoms with Crippen LogP contribution in [-0.2, 0) is 5.54 Å². The minimum absolute atomic E-state index is 0.0922. The molecule has 0 aliphatic rings. The van der Waals surface area contributed by atoms with Gasteiger partial charge in [-0.1, -0.05) is 6.92 Å². The molecule has 0 unspecified atom stereocenters. The van der Waals surface area contributed by atoms with E-state index in [0.29, 0.717) is 0 Å². The molecule has 2 N–H and O–H groups in total. The molecule has 1 heterocycles. The van der Waals surface area contributed by atoms with Gasteiger partial charge in [0.1, 0.15) is 5.82 Å². The van der Waals surface area contributed by atoms with Gasteiger partial charge >= 0.3 is 0 Å². The molecule has 0 radical (unpaired) electrons. The maximum Gasteiger partial charge on any atom is 0.107 e. The normalized spacial score (nSPS) is 12.2. The van der Waals surface area contributed by atoms with Crippen LogP contribution in [0.5, 0.6) is 0 Å². The lowest BCUT2D eigenvalue weighted by atomic mass is 10.0. The van der Waals surface area contributed by atoms with Crippen molar-refractivity contribution < 1.29 is 0 Å². The number of nitrogens with zero attached hydrogens (tertiary/aromatic N) is 2. The fourth-order valence-electron chi connectivity index (χ4n) is 2.14. The van der Waals surface area contributed by atoms with Crippen molar-refractivity contribution in [2.24, 2.45) is 0 Å². The molecule has 0 atom stereocenters. The molecule has 2 aromatic rings. The molecule has 0 bridgehead atoms. The average Bonchev–Trinajstić information content (AvgIpc) is 2.53. The number of aromatic nitrogens is 2. The van der Waals surface area contributed by atoms with Crippen LogP contribution in [0.2, 0.25) is 0 Å². The molecule has 0 saturated heterocycles. The highest BCUT2D eigenvalue weighted by atomic mass is 15.1. The van der Waals surface area contributed by atoms with E-state index in [1.165, 1.54) is 5.52 Å². The fraction of sp³-hybridized carbons (Fsp3) is 0.462. The number of hydrogen-bond acceptors (Lipinski definition) is 2. The van der Waals surface area contributed by atoms with Gasteiger partial charge in [-0.05, 0) is 45.4 Å². The second-order valence-electron chi connectivity index (χ2n) is 4.91. The Kier molecular flexibility index (Phi) is 2.41. The number of benzene rings is 1. The van der Waals surface area contributed by atoms with E-state index in [2.05, 4.69) is 36.4 Å². The number of hydrogen-bond donors (Lipinski definition) is 1. The van der Waals surface area contributed by atoms with E-state index in [4.69, 9.17) is 5.73 Å². The van der Waals surface area contributed by atoms with Crippen molar-refractivity contribution in [3.63, 3.8) is 0 Å². The van der Waals surface area contributed by atoms with Gasteiger partial charge in [-0.3, -0.25) is 0 Å². The highest BCUT2D eigenvalue weighted by molar-refractivity contribution is 5.80. The first-order valence-corrected chi connectivity index (χ1v) is 5.71. The number of rotatable bonds is 2. The van der Waals surface area contributed by atoms with E-state index in [1.54, 1.807) is 0 Å². The quantitative estimate of drug-likeness (QED) is 0.786. The standard InChI is InChI=1S/C13H19N3/c1-5-13(3,4)16-9(2)15-11-8-10(14)6-7-12(11)16/h6-8H,5,14H2,1-4H3. The summed E-state index contributed by atoms with van der Waals surface area (Å²) < 4.78 is 2.29. The Morgan fingerprint density at radius 1 is 1.38 bits per heavy atom. The van der Waals surface area contributed by atoms with Gasteiger partial charge in [-0.25, -0.2) is 4.98 Å². The zero-order valence-electron chi connectivity index (χ0n) is 10.4. The number of nitrogen functional groups attached to an aromatic ring is 1. The summed E-state index contributed by atoms with van der Waals surface area (Å²) in [7, 11) is 0. The Balaban J connectivity index is 2.74. The van der Waals surface area contributed by atoms with E-state index < -0.39 is 0 Å². The van der Waals surface area contributed by atoms with Crippen molar-refractivity contribution in [3.8, 4) is 0 Å². The van der Waals surface area contributed by atoms with Crippen LogP contribution in [0.4, 0.5) is 5.69 Å². The van der Waals surface area contributed by atoms with Gasteiger partial charge in [0.05, 0.1) is 11.0 Å². The number of anilines is 1. The molecule has 3 heteroatoms. The Hall–Kier alpha value is -1.51. The lowest BCUT2D eigenvalue weighted by molar-refractivity contribution is 0.345. The van der Waals surface area contributed by atoms with Gasteiger partial charge in [0.15, 0.2) is 0 Å². The Morgan fingerprint density at radius 2 is 2.06 bits per heavy atom. The smallest absolute Gasteiger partial charge is 0.107 e. The lowest BCUT2D eigenvalue weighted by Crippen LogP contribution is -2.26. The molecule has 1 aromatic heterocycles. The third-order valence-corrected chi connectivity index (χ3v) is 3.32. The van der Waals surface area contributed by atoms with E-state index in [0.717, 1.165) is 23.4 Å². The summed E-state index contributed by atoms with van der Waals surface area (Å²) in [6, 6.07) is 5.93. The third kappa shape index (κ3) is 1.56. The zero-order chi connectivity index (χ0) is 11.9. The second-order valence-corrected chi connectivity index (χ2v) is 4.91. The Labute approximate surface area is 96.3 Å². The van der Waals surface area contributed by atoms with Crippen molar-refractivity contribution in [1.82, 2.24) is 9.55 Å². The fourth-order valence-corrected chi connectivity index (χ4v) is 2.14. The maximum absolute atomic E-state index is 5.78. The first-order valence-electron chi connectivity index (χ1n) is 5.71. The summed E-state index contributed by atoms with van der Waals surface area (Å²) in [5.74, 6) is 1.05. The molecule has 0 amide bonds. The van der Waals surface area contributed by atoms with E-state index in [-0.39, 0.29) is 5.54 Å². The van der Waals surface area contributed by atoms with E-state index >= 15 is 0 Å². The highest BCUT2D eigenvalue weighted by Crippen LogP contribution is 2.28. The van der Waals surface area contributed by atoms with Crippen molar-refractivity contribution in [2.45, 2.75) is 39.7 Å². The SMILES string of the molecule is CCC(C)(C)n1c(C)nc2cc(N)ccc21. The molecule has 0 aliphatic heterocycles. The molecule has 0 aliphatic carbocycles. The van der Waals surface area contributed by atoms with Gasteiger partial charge in [-0.2, -0.15) is 0 Å². The van der Waals surface area contributed by atoms with Gasteiger partial charge < -0.3 is 10.3 Å². The van der Waals surface area contributed by atoms with E-state index in [1.807, 2.05) is 19.1 Å². The molecule has 0 saturated carbocycles. The van der Waals surface area contributed by atoms with Gasteiger partial charge in [-0.15, -0.1) is 0 Å². The first kappa shape index (κ1) is 11.0. The lowest BCUT2D eigenvalue weighted by Gasteiger charge is -2.27. The van der Waals surface area contributed by atoms with Gasteiger partial charge in [0.25, 0.3) is 0 Å². The Bertz CT molecular complexity index is 523. The monoisotopic (exact) mass is 217 g/mol. The van der Waals surface area contributed by atoms with Crippen molar-refractivity contribution >= 4 is 16.7 Å². The summed E-state index contributed by atoms with van der Waals surface area (Å²) in [5, 5.41) is 0. The largest absolute Gasteiger partial charge is 0.399 e. The number of aryl methyl sites for hydroxylation is 1. The van der Waals surface area contributed by atoms with Crippen molar-refractivity contribution in [1.29, 1.82) is 0 Å². The topological polar surface area (TPSA) is 43.8 Å². The minimum atomic E-state index is 0.0922. The van der Waals surface area contributed by atoms with Crippen LogP contribution >= 0.6 is 0 Å². The van der Waals surface area contributed by atoms with Crippen LogP contribution in [0.25, 0.3) is 11.0 Å². The summed E-state index contributed by atoms with van der Waals surface area (Å²) in [4.78, 5) is 4.57. The molecule has 1 aromatic carbocycles. The molecule has 86 valence electrons. The summed E-state index contributed by atoms with van der Waals surface area (Å²) in [6.45, 7) is 8.71. The first-order chi connectivity index (χ1) is 7.45. The van der Waals surface area contributed by atoms with Crippen LogP contribution in [0, 0.1) is 6.92 Å². The van der Waals surface area contributed by atoms with E-state index in [9.17, 15) is 0 Å². The summed E-state index contributed by atoms with van der Waals surface area (Å²) in [5.41, 5.74) is 8.79. The number of imidazole rings is 1. The minimum Gasteiger partial charge on any atom is -0.399 e. The average molecular weight is 217 g/mol. The van der Waals surface area contributed by atoms with Crippen LogP contribution in [0.15, 0.2) is 18.2 Å². The number of nitrogens with two attached hydrogens (primary N) is 1. The summed E-state index contributed by atoms with van der Waals surface area (Å²) >= 11 is 0. The molecule has 0 spiro atoms. The zero-order valence-corrected chi connectivity index (χ0v) is 10.4. The van der Waals surface area contributed by atoms with Gasteiger partial charge in [0, 0.05) is 11.2 Å². The third-order valence-electron chi connectivity index (χ3n) is 3.32. The Morgan fingerprint density at radius 3 is 2.69 bits per heavy atom. The number of fused-ring (bicyclic) bond motifs is 1. The molecular formula is C13H19N3. The van der Waals surface area contributed by atoms with Crippen LogP contribution < -0.4 is 5.73 Å². The highest BCUT2D eigenvalue weighted by Gasteiger charge is 2.22. The molecule has 3 nitrogen and oxygen atoms in total. The molecule has 0 fully saturated rings. The predicted molar refractivity (Wildman–Crippen MR) is 68.5 cm³/mol. The van der Waals surface area contributed by atoms with Crippen molar-refractivity contribution in [2.75, 3.05) is 5.73 Å². The summed E-state index contributed by atoms with van der Waals surface area (Å²) in [6.07, 6.45) is 1.07. The molecule has 2 rings (SSSR count). The van der Waals surface area contributed by atoms with Crippen LogP contribution in [0.3, 0.4) is 0 Å². The maximum atomic E-state index is 5.78. The van der Waals surface area contributed by atoms with Crippen LogP contribution in [-0.4, -0.2) is 9.55 Å². The van der Waals surface area contributed by atoms with Gasteiger partial charge in [0.2, 0.25) is 0 Å². The second kappa shape index (κ2) is 3.51. The molecule has 16 heavy (non-hydrogen) atoms. The predicted octanol–water partition coefficient (Wildman–Crippen LogP) is 3.07. The molecular weight excluding hydrogens is 198 g/mol. The van der Waals surface area contributed by atoms with Crippen LogP contribution in [0.1, 0.15) is 33.0 Å².